The van der Waals surface area contributed by atoms with E-state index in [1.165, 1.54) is 12.1 Å². The molecule has 0 fully saturated rings. The lowest BCUT2D eigenvalue weighted by molar-refractivity contribution is -0.0498. The normalized spacial score (nSPS) is 11.4. The number of nitrogens with two attached hydrogens (primary N) is 1. The molecule has 0 radical (unpaired) electrons. The van der Waals surface area contributed by atoms with Gasteiger partial charge in [-0.3, -0.25) is 0 Å². The number of ether oxygens (including phenoxy) is 1. The maximum absolute atomic E-state index is 12.1. The van der Waals surface area contributed by atoms with Crippen molar-refractivity contribution in [1.29, 1.82) is 0 Å². The third-order valence-corrected chi connectivity index (χ3v) is 3.58. The Morgan fingerprint density at radius 2 is 1.88 bits per heavy atom. The Morgan fingerprint density at radius 1 is 1.12 bits per heavy atom. The number of halogens is 2. The van der Waals surface area contributed by atoms with Crippen LogP contribution in [0.25, 0.3) is 23.5 Å². The largest absolute Gasteiger partial charge is 0.435 e. The van der Waals surface area contributed by atoms with E-state index >= 15 is 0 Å². The lowest BCUT2D eigenvalue weighted by atomic mass is 10.1. The SMILES string of the molecule is Cc1c(N)cccc1-c1noc(/C=C\c2ccc(OC(F)F)cc2)n1. The molecule has 0 aliphatic heterocycles. The second-order valence-corrected chi connectivity index (χ2v) is 5.26. The summed E-state index contributed by atoms with van der Waals surface area (Å²) >= 11 is 0. The van der Waals surface area contributed by atoms with Gasteiger partial charge in [-0.05, 0) is 42.3 Å². The van der Waals surface area contributed by atoms with Crippen molar-refractivity contribution in [1.82, 2.24) is 10.1 Å². The molecule has 1 heterocycles. The topological polar surface area (TPSA) is 74.2 Å². The highest BCUT2D eigenvalue weighted by Crippen LogP contribution is 2.25. The van der Waals surface area contributed by atoms with Crippen LogP contribution in [0.4, 0.5) is 14.5 Å². The first-order valence-corrected chi connectivity index (χ1v) is 7.45. The second kappa shape index (κ2) is 7.12. The molecular weight excluding hydrogens is 328 g/mol. The fourth-order valence-electron chi connectivity index (χ4n) is 2.24. The van der Waals surface area contributed by atoms with Crippen LogP contribution in [0.5, 0.6) is 5.75 Å². The van der Waals surface area contributed by atoms with Crippen molar-refractivity contribution in [2.24, 2.45) is 0 Å². The molecule has 128 valence electrons. The minimum absolute atomic E-state index is 0.101. The average molecular weight is 343 g/mol. The number of nitrogen functional groups attached to an aromatic ring is 1. The Hall–Kier alpha value is -3.22. The van der Waals surface area contributed by atoms with Crippen molar-refractivity contribution in [3.05, 3.63) is 59.5 Å². The molecule has 0 saturated heterocycles. The number of alkyl halides is 2. The molecule has 0 unspecified atom stereocenters. The summed E-state index contributed by atoms with van der Waals surface area (Å²) in [5.74, 6) is 0.874. The van der Waals surface area contributed by atoms with Crippen LogP contribution in [0.15, 0.2) is 47.0 Å². The fraction of sp³-hybridized carbons (Fsp3) is 0.111. The summed E-state index contributed by atoms with van der Waals surface area (Å²) in [7, 11) is 0. The number of aromatic nitrogens is 2. The van der Waals surface area contributed by atoms with Crippen molar-refractivity contribution < 1.29 is 18.0 Å². The van der Waals surface area contributed by atoms with Crippen molar-refractivity contribution in [2.45, 2.75) is 13.5 Å². The van der Waals surface area contributed by atoms with E-state index in [1.54, 1.807) is 30.4 Å². The molecule has 0 bridgehead atoms. The monoisotopic (exact) mass is 343 g/mol. The predicted molar refractivity (Wildman–Crippen MR) is 90.9 cm³/mol. The van der Waals surface area contributed by atoms with Crippen molar-refractivity contribution in [3.8, 4) is 17.1 Å². The van der Waals surface area contributed by atoms with Crippen molar-refractivity contribution in [2.75, 3.05) is 5.73 Å². The summed E-state index contributed by atoms with van der Waals surface area (Å²) in [6.07, 6.45) is 3.37. The maximum Gasteiger partial charge on any atom is 0.387 e. The number of rotatable bonds is 5. The summed E-state index contributed by atoms with van der Waals surface area (Å²) in [6, 6.07) is 11.7. The summed E-state index contributed by atoms with van der Waals surface area (Å²) in [5, 5.41) is 3.95. The first-order chi connectivity index (χ1) is 12.0. The van der Waals surface area contributed by atoms with Gasteiger partial charge in [-0.2, -0.15) is 13.8 Å². The maximum atomic E-state index is 12.1. The number of hydrogen-bond acceptors (Lipinski definition) is 5. The molecule has 2 aromatic carbocycles. The molecule has 3 aromatic rings. The zero-order valence-electron chi connectivity index (χ0n) is 13.3. The summed E-state index contributed by atoms with van der Waals surface area (Å²) in [4.78, 5) is 4.31. The van der Waals surface area contributed by atoms with Gasteiger partial charge in [0.05, 0.1) is 0 Å². The Kier molecular flexibility index (Phi) is 4.74. The van der Waals surface area contributed by atoms with Gasteiger partial charge in [0.2, 0.25) is 5.82 Å². The third-order valence-electron chi connectivity index (χ3n) is 3.58. The molecule has 0 aliphatic rings. The second-order valence-electron chi connectivity index (χ2n) is 5.26. The number of benzene rings is 2. The molecule has 25 heavy (non-hydrogen) atoms. The van der Waals surface area contributed by atoms with E-state index in [4.69, 9.17) is 10.3 Å². The van der Waals surface area contributed by atoms with Crippen molar-refractivity contribution in [3.63, 3.8) is 0 Å². The van der Waals surface area contributed by atoms with Crippen LogP contribution in [0.2, 0.25) is 0 Å². The molecule has 0 spiro atoms. The first kappa shape index (κ1) is 16.6. The fourth-order valence-corrected chi connectivity index (χ4v) is 2.24. The highest BCUT2D eigenvalue weighted by molar-refractivity contribution is 5.70. The van der Waals surface area contributed by atoms with E-state index in [-0.39, 0.29) is 5.75 Å². The quantitative estimate of drug-likeness (QED) is 0.695. The standard InChI is InChI=1S/C18H15F2N3O2/c1-11-14(3-2-4-15(11)21)17-22-16(25-23-17)10-7-12-5-8-13(9-6-12)24-18(19)20/h2-10,18H,21H2,1H3/b10-7-. The molecule has 0 saturated carbocycles. The third kappa shape index (κ3) is 4.00. The highest BCUT2D eigenvalue weighted by atomic mass is 19.3. The van der Waals surface area contributed by atoms with Gasteiger partial charge in [0.1, 0.15) is 5.75 Å². The van der Waals surface area contributed by atoms with Gasteiger partial charge in [-0.15, -0.1) is 0 Å². The molecule has 7 heteroatoms. The molecule has 3 rings (SSSR count). The zero-order chi connectivity index (χ0) is 17.8. The molecule has 1 aromatic heterocycles. The van der Waals surface area contributed by atoms with Gasteiger partial charge in [0.25, 0.3) is 5.89 Å². The first-order valence-electron chi connectivity index (χ1n) is 7.45. The van der Waals surface area contributed by atoms with Crippen LogP contribution in [0, 0.1) is 6.92 Å². The summed E-state index contributed by atoms with van der Waals surface area (Å²) < 4.78 is 33.7. The van der Waals surface area contributed by atoms with E-state index in [2.05, 4.69) is 14.9 Å². The average Bonchev–Trinajstić information content (AvgIpc) is 3.05. The van der Waals surface area contributed by atoms with Gasteiger partial charge in [-0.25, -0.2) is 0 Å². The lowest BCUT2D eigenvalue weighted by Gasteiger charge is -2.03. The van der Waals surface area contributed by atoms with Gasteiger partial charge in [0.15, 0.2) is 0 Å². The van der Waals surface area contributed by atoms with E-state index in [9.17, 15) is 8.78 Å². The molecule has 2 N–H and O–H groups in total. The molecular formula is C18H15F2N3O2. The molecule has 0 aliphatic carbocycles. The van der Waals surface area contributed by atoms with Gasteiger partial charge >= 0.3 is 6.61 Å². The zero-order valence-corrected chi connectivity index (χ0v) is 13.3. The number of nitrogens with zero attached hydrogens (tertiary/aromatic N) is 2. The van der Waals surface area contributed by atoms with Gasteiger partial charge in [0, 0.05) is 17.3 Å². The van der Waals surface area contributed by atoms with Crippen LogP contribution < -0.4 is 10.5 Å². The Labute approximate surface area is 142 Å². The van der Waals surface area contributed by atoms with E-state index in [0.29, 0.717) is 17.4 Å². The molecule has 5 nitrogen and oxygen atoms in total. The molecule has 0 atom stereocenters. The van der Waals surface area contributed by atoms with Crippen molar-refractivity contribution >= 4 is 17.8 Å². The van der Waals surface area contributed by atoms with Crippen LogP contribution in [-0.4, -0.2) is 16.8 Å². The van der Waals surface area contributed by atoms with Crippen LogP contribution >= 0.6 is 0 Å². The number of hydrogen-bond donors (Lipinski definition) is 1. The Balaban J connectivity index is 1.75. The lowest BCUT2D eigenvalue weighted by Crippen LogP contribution is -2.01. The van der Waals surface area contributed by atoms with Gasteiger partial charge < -0.3 is 15.0 Å². The van der Waals surface area contributed by atoms with E-state index < -0.39 is 6.61 Å². The minimum Gasteiger partial charge on any atom is -0.435 e. The minimum atomic E-state index is -2.84. The highest BCUT2D eigenvalue weighted by Gasteiger charge is 2.10. The van der Waals surface area contributed by atoms with E-state index in [0.717, 1.165) is 16.7 Å². The Bertz CT molecular complexity index is 890. The number of anilines is 1. The van der Waals surface area contributed by atoms with E-state index in [1.807, 2.05) is 19.1 Å². The van der Waals surface area contributed by atoms with Gasteiger partial charge in [-0.1, -0.05) is 29.4 Å². The van der Waals surface area contributed by atoms with Crippen LogP contribution in [0.1, 0.15) is 17.0 Å². The summed E-state index contributed by atoms with van der Waals surface area (Å²) in [5.41, 5.74) is 9.01. The summed E-state index contributed by atoms with van der Waals surface area (Å²) in [6.45, 7) is -0.951. The van der Waals surface area contributed by atoms with Crippen LogP contribution in [-0.2, 0) is 0 Å². The Morgan fingerprint density at radius 3 is 2.60 bits per heavy atom. The smallest absolute Gasteiger partial charge is 0.387 e. The predicted octanol–water partition coefficient (Wildman–Crippen LogP) is 4.40. The molecule has 0 amide bonds. The van der Waals surface area contributed by atoms with Crippen LogP contribution in [0.3, 0.4) is 0 Å².